The fraction of sp³-hybridized carbons (Fsp3) is 0.290. The first kappa shape index (κ1) is 22.9. The van der Waals surface area contributed by atoms with Gasteiger partial charge in [-0.3, -0.25) is 0 Å². The summed E-state index contributed by atoms with van der Waals surface area (Å²) in [6, 6.07) is 26.0. The van der Waals surface area contributed by atoms with Crippen molar-refractivity contribution < 1.29 is 9.90 Å². The van der Waals surface area contributed by atoms with Crippen molar-refractivity contribution in [1.29, 1.82) is 5.26 Å². The van der Waals surface area contributed by atoms with Crippen LogP contribution in [-0.2, 0) is 11.2 Å². The summed E-state index contributed by atoms with van der Waals surface area (Å²) in [6.45, 7) is 2.24. The third-order valence-corrected chi connectivity index (χ3v) is 7.44. The van der Waals surface area contributed by atoms with E-state index in [1.54, 1.807) is 6.07 Å². The molecule has 1 N–H and O–H groups in total. The summed E-state index contributed by atoms with van der Waals surface area (Å²) in [5.74, 6) is -0.651. The van der Waals surface area contributed by atoms with E-state index in [-0.39, 0.29) is 5.57 Å². The van der Waals surface area contributed by atoms with Gasteiger partial charge in [0.1, 0.15) is 11.6 Å². The van der Waals surface area contributed by atoms with E-state index >= 15 is 0 Å². The van der Waals surface area contributed by atoms with Crippen LogP contribution in [0.4, 0.5) is 11.4 Å². The molecule has 4 nitrogen and oxygen atoms in total. The van der Waals surface area contributed by atoms with Gasteiger partial charge in [-0.25, -0.2) is 4.79 Å². The van der Waals surface area contributed by atoms with Crippen LogP contribution >= 0.6 is 0 Å². The second-order valence-corrected chi connectivity index (χ2v) is 9.62. The number of hydrogen-bond acceptors (Lipinski definition) is 3. The van der Waals surface area contributed by atoms with Gasteiger partial charge in [0, 0.05) is 23.3 Å². The lowest BCUT2D eigenvalue weighted by Gasteiger charge is -2.27. The van der Waals surface area contributed by atoms with Crippen LogP contribution < -0.4 is 4.90 Å². The Labute approximate surface area is 207 Å². The Morgan fingerprint density at radius 2 is 1.80 bits per heavy atom. The summed E-state index contributed by atoms with van der Waals surface area (Å²) in [5.41, 5.74) is 8.16. The first-order chi connectivity index (χ1) is 17.1. The molecule has 2 unspecified atom stereocenters. The molecule has 5 rings (SSSR count). The van der Waals surface area contributed by atoms with Crippen LogP contribution in [0.25, 0.3) is 17.2 Å². The van der Waals surface area contributed by atoms with E-state index in [0.717, 1.165) is 12.0 Å². The molecule has 0 radical (unpaired) electrons. The molecular formula is C31H30N2O2. The standard InChI is InChI=1S/C31H30N2O2/c1-2-3-5-21-10-15-26(16-11-21)33-29-7-4-6-27(29)28-19-24(14-17-30(28)33)23-12-8-22(9-13-23)18-25(20-32)31(34)35/h8-19,27,29H,2-7H2,1H3,(H,34,35). The van der Waals surface area contributed by atoms with Crippen molar-refractivity contribution >= 4 is 23.4 Å². The molecule has 0 bridgehead atoms. The number of rotatable bonds is 7. The fourth-order valence-electron chi connectivity index (χ4n) is 5.66. The number of hydrogen-bond donors (Lipinski definition) is 1. The zero-order valence-corrected chi connectivity index (χ0v) is 20.1. The zero-order chi connectivity index (χ0) is 24.4. The lowest BCUT2D eigenvalue weighted by molar-refractivity contribution is -0.132. The molecule has 3 aromatic rings. The number of carboxylic acids is 1. The van der Waals surface area contributed by atoms with E-state index in [2.05, 4.69) is 54.3 Å². The summed E-state index contributed by atoms with van der Waals surface area (Å²) < 4.78 is 0. The van der Waals surface area contributed by atoms with Crippen LogP contribution in [0.5, 0.6) is 0 Å². The maximum atomic E-state index is 11.1. The average Bonchev–Trinajstić information content (AvgIpc) is 3.47. The maximum absolute atomic E-state index is 11.1. The van der Waals surface area contributed by atoms with Crippen molar-refractivity contribution in [2.75, 3.05) is 4.90 Å². The van der Waals surface area contributed by atoms with Gasteiger partial charge in [0.2, 0.25) is 0 Å². The summed E-state index contributed by atoms with van der Waals surface area (Å²) in [4.78, 5) is 13.7. The van der Waals surface area contributed by atoms with Gasteiger partial charge in [0.05, 0.1) is 0 Å². The highest BCUT2D eigenvalue weighted by Gasteiger charge is 2.42. The van der Waals surface area contributed by atoms with E-state index in [0.29, 0.717) is 17.5 Å². The molecule has 0 spiro atoms. The minimum absolute atomic E-state index is 0.263. The van der Waals surface area contributed by atoms with Gasteiger partial charge >= 0.3 is 5.97 Å². The average molecular weight is 463 g/mol. The van der Waals surface area contributed by atoms with Crippen molar-refractivity contribution in [3.05, 3.63) is 89.0 Å². The molecule has 2 aliphatic rings. The molecule has 176 valence electrons. The van der Waals surface area contributed by atoms with Crippen LogP contribution in [0.15, 0.2) is 72.3 Å². The van der Waals surface area contributed by atoms with Crippen LogP contribution in [-0.4, -0.2) is 17.1 Å². The number of aryl methyl sites for hydroxylation is 1. The van der Waals surface area contributed by atoms with E-state index in [4.69, 9.17) is 10.4 Å². The summed E-state index contributed by atoms with van der Waals surface area (Å²) in [5, 5.41) is 18.1. The first-order valence-electron chi connectivity index (χ1n) is 12.6. The quantitative estimate of drug-likeness (QED) is 0.292. The van der Waals surface area contributed by atoms with E-state index in [1.165, 1.54) is 66.2 Å². The molecular weight excluding hydrogens is 432 g/mol. The van der Waals surface area contributed by atoms with Gasteiger partial charge in [-0.1, -0.05) is 62.2 Å². The van der Waals surface area contributed by atoms with Gasteiger partial charge in [-0.2, -0.15) is 5.26 Å². The fourth-order valence-corrected chi connectivity index (χ4v) is 5.66. The molecule has 2 atom stereocenters. The van der Waals surface area contributed by atoms with Gasteiger partial charge < -0.3 is 10.0 Å². The second-order valence-electron chi connectivity index (χ2n) is 9.62. The Bertz CT molecular complexity index is 1300. The van der Waals surface area contributed by atoms with Gasteiger partial charge in [0.25, 0.3) is 0 Å². The normalized spacial score (nSPS) is 18.7. The number of fused-ring (bicyclic) bond motifs is 3. The minimum Gasteiger partial charge on any atom is -0.477 e. The van der Waals surface area contributed by atoms with Crippen molar-refractivity contribution in [1.82, 2.24) is 0 Å². The molecule has 0 amide bonds. The van der Waals surface area contributed by atoms with Crippen molar-refractivity contribution in [2.24, 2.45) is 0 Å². The van der Waals surface area contributed by atoms with E-state index < -0.39 is 5.97 Å². The lowest BCUT2D eigenvalue weighted by Crippen LogP contribution is -2.26. The lowest BCUT2D eigenvalue weighted by atomic mass is 9.93. The maximum Gasteiger partial charge on any atom is 0.346 e. The number of nitrogens with zero attached hydrogens (tertiary/aromatic N) is 2. The van der Waals surface area contributed by atoms with Crippen molar-refractivity contribution in [3.8, 4) is 17.2 Å². The summed E-state index contributed by atoms with van der Waals surface area (Å²) in [6.07, 6.45) is 8.70. The zero-order valence-electron chi connectivity index (χ0n) is 20.1. The topological polar surface area (TPSA) is 64.3 Å². The molecule has 0 saturated heterocycles. The Balaban J connectivity index is 1.44. The van der Waals surface area contributed by atoms with E-state index in [9.17, 15) is 4.79 Å². The Kier molecular flexibility index (Phi) is 6.42. The summed E-state index contributed by atoms with van der Waals surface area (Å²) in [7, 11) is 0. The number of unbranched alkanes of at least 4 members (excludes halogenated alkanes) is 1. The first-order valence-corrected chi connectivity index (χ1v) is 12.6. The third-order valence-electron chi connectivity index (χ3n) is 7.44. The minimum atomic E-state index is -1.21. The molecule has 3 aromatic carbocycles. The molecule has 0 aromatic heterocycles. The molecule has 1 aliphatic carbocycles. The third kappa shape index (κ3) is 4.47. The van der Waals surface area contributed by atoms with Crippen molar-refractivity contribution in [2.45, 2.75) is 57.4 Å². The molecule has 4 heteroatoms. The van der Waals surface area contributed by atoms with Gasteiger partial charge in [0.15, 0.2) is 0 Å². The van der Waals surface area contributed by atoms with Crippen molar-refractivity contribution in [3.63, 3.8) is 0 Å². The number of anilines is 2. The number of benzene rings is 3. The van der Waals surface area contributed by atoms with Crippen LogP contribution in [0.3, 0.4) is 0 Å². The Morgan fingerprint density at radius 1 is 1.06 bits per heavy atom. The number of carbonyl (C=O) groups is 1. The second kappa shape index (κ2) is 9.80. The number of carboxylic acid groups (broad SMARTS) is 1. The number of nitriles is 1. The van der Waals surface area contributed by atoms with Gasteiger partial charge in [-0.15, -0.1) is 0 Å². The van der Waals surface area contributed by atoms with Crippen LogP contribution in [0.1, 0.15) is 61.6 Å². The molecule has 1 aliphatic heterocycles. The van der Waals surface area contributed by atoms with E-state index in [1.807, 2.05) is 24.3 Å². The molecule has 1 saturated carbocycles. The predicted molar refractivity (Wildman–Crippen MR) is 141 cm³/mol. The monoisotopic (exact) mass is 462 g/mol. The van der Waals surface area contributed by atoms with Crippen LogP contribution in [0, 0.1) is 11.3 Å². The molecule has 35 heavy (non-hydrogen) atoms. The SMILES string of the molecule is CCCCc1ccc(N2c3ccc(-c4ccc(C=C(C#N)C(=O)O)cc4)cc3C3CCCC32)cc1. The molecule has 1 heterocycles. The highest BCUT2D eigenvalue weighted by Crippen LogP contribution is 2.53. The Hall–Kier alpha value is -3.84. The molecule has 1 fully saturated rings. The summed E-state index contributed by atoms with van der Waals surface area (Å²) >= 11 is 0. The predicted octanol–water partition coefficient (Wildman–Crippen LogP) is 7.48. The highest BCUT2D eigenvalue weighted by atomic mass is 16.4. The highest BCUT2D eigenvalue weighted by molar-refractivity contribution is 5.96. The van der Waals surface area contributed by atoms with Crippen LogP contribution in [0.2, 0.25) is 0 Å². The number of aliphatic carboxylic acids is 1. The Morgan fingerprint density at radius 3 is 2.49 bits per heavy atom. The largest absolute Gasteiger partial charge is 0.477 e. The smallest absolute Gasteiger partial charge is 0.346 e. The van der Waals surface area contributed by atoms with Gasteiger partial charge in [-0.05, 0) is 83.8 Å².